The normalized spacial score (nSPS) is 29.3. The third-order valence-electron chi connectivity index (χ3n) is 6.60. The van der Waals surface area contributed by atoms with E-state index in [2.05, 4.69) is 24.5 Å². The lowest BCUT2D eigenvalue weighted by Crippen LogP contribution is -2.52. The Labute approximate surface area is 184 Å². The van der Waals surface area contributed by atoms with Crippen LogP contribution in [0.3, 0.4) is 0 Å². The van der Waals surface area contributed by atoms with E-state index >= 15 is 0 Å². The van der Waals surface area contributed by atoms with Gasteiger partial charge in [0.1, 0.15) is 12.1 Å². The van der Waals surface area contributed by atoms with Gasteiger partial charge in [-0.15, -0.1) is 0 Å². The maximum Gasteiger partial charge on any atom is 0.248 e. The molecule has 0 radical (unpaired) electrons. The average Bonchev–Trinajstić information content (AvgIpc) is 2.99. The van der Waals surface area contributed by atoms with E-state index < -0.39 is 18.1 Å². The number of rotatable bonds is 5. The molecule has 9 nitrogen and oxygen atoms in total. The molecular weight excluding hydrogens is 400 g/mol. The lowest BCUT2D eigenvalue weighted by molar-refractivity contribution is -0.142. The highest BCUT2D eigenvalue weighted by Gasteiger charge is 2.69. The summed E-state index contributed by atoms with van der Waals surface area (Å²) >= 11 is 0. The SMILES string of the molecule is CC(C)(C)CC(=O)N1CC2[C@@H]([C@H]1C(=O)NCC(O)C(N)=O)C2(C)C.C[C@@H]1CCNC1=O. The van der Waals surface area contributed by atoms with Gasteiger partial charge in [0.15, 0.2) is 0 Å². The van der Waals surface area contributed by atoms with Gasteiger partial charge < -0.3 is 26.4 Å². The Morgan fingerprint density at radius 3 is 2.35 bits per heavy atom. The van der Waals surface area contributed by atoms with Crippen molar-refractivity contribution in [2.45, 2.75) is 66.5 Å². The van der Waals surface area contributed by atoms with Crippen molar-refractivity contribution < 1.29 is 24.3 Å². The number of aliphatic hydroxyl groups excluding tert-OH is 1. The van der Waals surface area contributed by atoms with Crippen molar-refractivity contribution in [1.82, 2.24) is 15.5 Å². The van der Waals surface area contributed by atoms with Gasteiger partial charge in [0.05, 0.1) is 6.54 Å². The fraction of sp³-hybridized carbons (Fsp3) is 0.818. The van der Waals surface area contributed by atoms with Crippen LogP contribution >= 0.6 is 0 Å². The van der Waals surface area contributed by atoms with Crippen LogP contribution in [0.1, 0.15) is 54.4 Å². The minimum atomic E-state index is -1.42. The smallest absolute Gasteiger partial charge is 0.248 e. The zero-order chi connectivity index (χ0) is 23.7. The number of primary amides is 1. The highest BCUT2D eigenvalue weighted by molar-refractivity contribution is 5.90. The number of hydrogen-bond acceptors (Lipinski definition) is 5. The van der Waals surface area contributed by atoms with Crippen LogP contribution in [0.5, 0.6) is 0 Å². The average molecular weight is 439 g/mol. The number of hydrogen-bond donors (Lipinski definition) is 4. The number of nitrogens with one attached hydrogen (secondary N) is 2. The van der Waals surface area contributed by atoms with E-state index in [4.69, 9.17) is 5.73 Å². The first-order valence-corrected chi connectivity index (χ1v) is 11.0. The standard InChI is InChI=1S/C17H29N3O4.C5H9NO/c1-16(2,3)6-11(22)20-8-9-12(17(9,4)5)13(20)15(24)19-7-10(21)14(18)23;1-4-2-3-6-5(4)7/h9-10,12-13,21H,6-8H2,1-5H3,(H2,18,23)(H,19,24);4H,2-3H2,1H3,(H,6,7)/t9?,10?,12-,13-;4-/m01/s1. The first kappa shape index (κ1) is 25.1. The van der Waals surface area contributed by atoms with Crippen molar-refractivity contribution >= 4 is 23.6 Å². The van der Waals surface area contributed by atoms with Crippen molar-refractivity contribution in [3.63, 3.8) is 0 Å². The zero-order valence-electron chi connectivity index (χ0n) is 19.5. The first-order chi connectivity index (χ1) is 14.2. The molecule has 2 saturated heterocycles. The van der Waals surface area contributed by atoms with Gasteiger partial charge in [-0.05, 0) is 29.1 Å². The second-order valence-electron chi connectivity index (χ2n) is 10.8. The van der Waals surface area contributed by atoms with Crippen LogP contribution in [0.2, 0.25) is 0 Å². The summed E-state index contributed by atoms with van der Waals surface area (Å²) in [6.07, 6.45) is -0.0311. The third kappa shape index (κ3) is 5.96. The number of carbonyl (C=O) groups is 4. The number of fused-ring (bicyclic) bond motifs is 1. The quantitative estimate of drug-likeness (QED) is 0.478. The molecule has 2 aliphatic heterocycles. The number of carbonyl (C=O) groups excluding carboxylic acids is 4. The Hall–Kier alpha value is -2.16. The van der Waals surface area contributed by atoms with Crippen LogP contribution in [0, 0.1) is 28.6 Å². The monoisotopic (exact) mass is 438 g/mol. The molecule has 1 saturated carbocycles. The second-order valence-corrected chi connectivity index (χ2v) is 10.8. The molecule has 0 bridgehead atoms. The van der Waals surface area contributed by atoms with E-state index in [0.717, 1.165) is 13.0 Å². The number of likely N-dealkylation sites (tertiary alicyclic amines) is 1. The van der Waals surface area contributed by atoms with Gasteiger partial charge in [0.2, 0.25) is 23.6 Å². The third-order valence-corrected chi connectivity index (χ3v) is 6.60. The molecule has 4 amide bonds. The number of nitrogens with two attached hydrogens (primary N) is 1. The predicted molar refractivity (Wildman–Crippen MR) is 115 cm³/mol. The summed E-state index contributed by atoms with van der Waals surface area (Å²) in [4.78, 5) is 48.3. The Balaban J connectivity index is 0.000000412. The van der Waals surface area contributed by atoms with E-state index in [9.17, 15) is 24.3 Å². The molecule has 0 aromatic carbocycles. The predicted octanol–water partition coefficient (Wildman–Crippen LogP) is 0.0104. The Morgan fingerprint density at radius 1 is 1.32 bits per heavy atom. The van der Waals surface area contributed by atoms with Gasteiger partial charge in [0.25, 0.3) is 0 Å². The van der Waals surface area contributed by atoms with Crippen LogP contribution in [0.4, 0.5) is 0 Å². The number of aliphatic hydroxyl groups is 1. The van der Waals surface area contributed by atoms with Crippen molar-refractivity contribution in [2.75, 3.05) is 19.6 Å². The molecule has 2 heterocycles. The molecule has 3 aliphatic rings. The first-order valence-electron chi connectivity index (χ1n) is 11.0. The molecule has 3 rings (SSSR count). The van der Waals surface area contributed by atoms with Gasteiger partial charge >= 0.3 is 0 Å². The van der Waals surface area contributed by atoms with E-state index in [-0.39, 0.29) is 46.9 Å². The topological polar surface area (TPSA) is 142 Å². The summed E-state index contributed by atoms with van der Waals surface area (Å²) in [5.41, 5.74) is 4.87. The number of amides is 4. The molecule has 0 spiro atoms. The van der Waals surface area contributed by atoms with Gasteiger partial charge in [0, 0.05) is 25.4 Å². The summed E-state index contributed by atoms with van der Waals surface area (Å²) in [7, 11) is 0. The summed E-state index contributed by atoms with van der Waals surface area (Å²) < 4.78 is 0. The zero-order valence-corrected chi connectivity index (χ0v) is 19.5. The molecule has 176 valence electrons. The summed E-state index contributed by atoms with van der Waals surface area (Å²) in [6.45, 7) is 13.4. The molecule has 9 heteroatoms. The molecule has 2 unspecified atom stereocenters. The molecule has 31 heavy (non-hydrogen) atoms. The summed E-state index contributed by atoms with van der Waals surface area (Å²) in [5.74, 6) is -0.325. The van der Waals surface area contributed by atoms with Gasteiger partial charge in [-0.3, -0.25) is 19.2 Å². The highest BCUT2D eigenvalue weighted by Crippen LogP contribution is 2.65. The summed E-state index contributed by atoms with van der Waals surface area (Å²) in [6, 6.07) is -0.542. The van der Waals surface area contributed by atoms with Crippen molar-refractivity contribution in [2.24, 2.45) is 34.3 Å². The van der Waals surface area contributed by atoms with Crippen molar-refractivity contribution in [1.29, 1.82) is 0 Å². The lowest BCUT2D eigenvalue weighted by atomic mass is 9.91. The van der Waals surface area contributed by atoms with Crippen LogP contribution in [0.25, 0.3) is 0 Å². The molecule has 5 N–H and O–H groups in total. The van der Waals surface area contributed by atoms with Gasteiger partial charge in [-0.1, -0.05) is 41.5 Å². The van der Waals surface area contributed by atoms with E-state index in [1.165, 1.54) is 0 Å². The second kappa shape index (κ2) is 9.14. The minimum absolute atomic E-state index is 0.0268. The lowest BCUT2D eigenvalue weighted by Gasteiger charge is -2.32. The number of nitrogens with zero attached hydrogens (tertiary/aromatic N) is 1. The Morgan fingerprint density at radius 2 is 1.94 bits per heavy atom. The van der Waals surface area contributed by atoms with Gasteiger partial charge in [-0.25, -0.2) is 0 Å². The Kier molecular flexibility index (Phi) is 7.40. The molecule has 5 atom stereocenters. The molecule has 1 aliphatic carbocycles. The molecule has 0 aromatic rings. The highest BCUT2D eigenvalue weighted by atomic mass is 16.3. The van der Waals surface area contributed by atoms with Gasteiger partial charge in [-0.2, -0.15) is 0 Å². The molecule has 0 aromatic heterocycles. The maximum absolute atomic E-state index is 12.6. The fourth-order valence-electron chi connectivity index (χ4n) is 4.52. The summed E-state index contributed by atoms with van der Waals surface area (Å²) in [5, 5.41) is 14.8. The fourth-order valence-corrected chi connectivity index (χ4v) is 4.52. The largest absolute Gasteiger partial charge is 0.381 e. The van der Waals surface area contributed by atoms with Crippen molar-refractivity contribution in [3.8, 4) is 0 Å². The minimum Gasteiger partial charge on any atom is -0.381 e. The Bertz CT molecular complexity index is 730. The number of piperidine rings is 1. The van der Waals surface area contributed by atoms with E-state index in [1.807, 2.05) is 27.7 Å². The van der Waals surface area contributed by atoms with Crippen LogP contribution in [0.15, 0.2) is 0 Å². The van der Waals surface area contributed by atoms with Crippen LogP contribution < -0.4 is 16.4 Å². The van der Waals surface area contributed by atoms with Crippen LogP contribution in [-0.4, -0.2) is 65.4 Å². The van der Waals surface area contributed by atoms with Crippen molar-refractivity contribution in [3.05, 3.63) is 0 Å². The van der Waals surface area contributed by atoms with E-state index in [0.29, 0.717) is 18.9 Å². The maximum atomic E-state index is 12.6. The van der Waals surface area contributed by atoms with E-state index in [1.54, 1.807) is 4.90 Å². The molecule has 3 fully saturated rings. The van der Waals surface area contributed by atoms with Crippen LogP contribution in [-0.2, 0) is 19.2 Å². The molecular formula is C22H38N4O5.